The molecule has 0 radical (unpaired) electrons. The number of nitrogens with zero attached hydrogens (tertiary/aromatic N) is 2. The molecule has 0 atom stereocenters. The van der Waals surface area contributed by atoms with Crippen molar-refractivity contribution >= 4 is 11.8 Å². The second-order valence-corrected chi connectivity index (χ2v) is 7.75. The normalized spacial score (nSPS) is 21.7. The molecule has 5 heteroatoms. The van der Waals surface area contributed by atoms with Crippen molar-refractivity contribution in [3.8, 4) is 11.3 Å². The van der Waals surface area contributed by atoms with Crippen molar-refractivity contribution in [1.82, 2.24) is 9.97 Å². The van der Waals surface area contributed by atoms with E-state index in [1.807, 2.05) is 6.20 Å². The first-order valence-corrected chi connectivity index (χ1v) is 9.99. The highest BCUT2D eigenvalue weighted by molar-refractivity contribution is 5.86. The van der Waals surface area contributed by atoms with E-state index >= 15 is 0 Å². The Hall–Kier alpha value is -2.27. The molecule has 0 aromatic carbocycles. The Morgan fingerprint density at radius 2 is 1.96 bits per heavy atom. The Labute approximate surface area is 160 Å². The van der Waals surface area contributed by atoms with E-state index in [4.69, 9.17) is 10.7 Å². The van der Waals surface area contributed by atoms with Gasteiger partial charge in [0.2, 0.25) is 0 Å². The van der Waals surface area contributed by atoms with Crippen molar-refractivity contribution in [2.45, 2.75) is 64.0 Å². The van der Waals surface area contributed by atoms with Gasteiger partial charge in [0.1, 0.15) is 5.82 Å². The molecule has 2 aromatic rings. The molecule has 4 nitrogen and oxygen atoms in total. The second-order valence-electron chi connectivity index (χ2n) is 7.75. The molecule has 2 aliphatic carbocycles. The summed E-state index contributed by atoms with van der Waals surface area (Å²) >= 11 is 0. The lowest BCUT2D eigenvalue weighted by atomic mass is 9.91. The summed E-state index contributed by atoms with van der Waals surface area (Å²) in [5.41, 5.74) is 12.6. The van der Waals surface area contributed by atoms with Gasteiger partial charge in [0.15, 0.2) is 0 Å². The van der Waals surface area contributed by atoms with Crippen molar-refractivity contribution in [2.24, 2.45) is 5.73 Å². The van der Waals surface area contributed by atoms with Crippen molar-refractivity contribution < 1.29 is 4.39 Å². The molecule has 3 N–H and O–H groups in total. The average molecular weight is 366 g/mol. The van der Waals surface area contributed by atoms with Crippen LogP contribution in [0.5, 0.6) is 0 Å². The van der Waals surface area contributed by atoms with Gasteiger partial charge in [-0.15, -0.1) is 0 Å². The Morgan fingerprint density at radius 1 is 1.15 bits per heavy atom. The van der Waals surface area contributed by atoms with Gasteiger partial charge in [0.25, 0.3) is 0 Å². The standard InChI is InChI=1S/C22H27FN4/c1-2-3-14-10-18-21(11-14)26-13-19(20-9-4-15(23)12-25-20)22(18)27-17-7-5-16(24)6-8-17/h4,9-10,12-13,16-17H,2-3,5-8,11,24H2,1H3,(H,26,27). The van der Waals surface area contributed by atoms with Crippen LogP contribution in [0.2, 0.25) is 0 Å². The summed E-state index contributed by atoms with van der Waals surface area (Å²) in [7, 11) is 0. The fraction of sp³-hybridized carbons (Fsp3) is 0.455. The summed E-state index contributed by atoms with van der Waals surface area (Å²) in [4.78, 5) is 9.01. The molecule has 2 aliphatic rings. The Morgan fingerprint density at radius 3 is 2.67 bits per heavy atom. The number of hydrogen-bond donors (Lipinski definition) is 2. The summed E-state index contributed by atoms with van der Waals surface area (Å²) in [6.07, 6.45) is 12.8. The van der Waals surface area contributed by atoms with E-state index in [2.05, 4.69) is 23.3 Å². The number of nitrogens with one attached hydrogen (secondary N) is 1. The number of aromatic nitrogens is 2. The molecule has 2 aromatic heterocycles. The number of nitrogens with two attached hydrogens (primary N) is 1. The van der Waals surface area contributed by atoms with Gasteiger partial charge in [-0.25, -0.2) is 4.39 Å². The molecule has 0 aliphatic heterocycles. The van der Waals surface area contributed by atoms with Crippen LogP contribution < -0.4 is 11.1 Å². The van der Waals surface area contributed by atoms with Crippen LogP contribution in [0, 0.1) is 5.82 Å². The zero-order valence-electron chi connectivity index (χ0n) is 15.8. The van der Waals surface area contributed by atoms with Crippen LogP contribution in [0.15, 0.2) is 30.1 Å². The van der Waals surface area contributed by atoms with Crippen molar-refractivity contribution in [3.05, 3.63) is 47.2 Å². The molecule has 0 unspecified atom stereocenters. The van der Waals surface area contributed by atoms with Gasteiger partial charge in [-0.1, -0.05) is 25.0 Å². The highest BCUT2D eigenvalue weighted by atomic mass is 19.1. The molecule has 0 bridgehead atoms. The first-order valence-electron chi connectivity index (χ1n) is 9.99. The second kappa shape index (κ2) is 7.77. The highest BCUT2D eigenvalue weighted by Crippen LogP contribution is 2.39. The van der Waals surface area contributed by atoms with Crippen LogP contribution in [0.1, 0.15) is 56.7 Å². The van der Waals surface area contributed by atoms with Crippen LogP contribution in [-0.4, -0.2) is 22.1 Å². The fourth-order valence-electron chi connectivity index (χ4n) is 4.17. The monoisotopic (exact) mass is 366 g/mol. The smallest absolute Gasteiger partial charge is 0.141 e. The molecule has 0 spiro atoms. The van der Waals surface area contributed by atoms with E-state index in [1.54, 1.807) is 6.07 Å². The topological polar surface area (TPSA) is 63.8 Å². The van der Waals surface area contributed by atoms with Crippen LogP contribution in [0.3, 0.4) is 0 Å². The molecule has 1 saturated carbocycles. The van der Waals surface area contributed by atoms with E-state index in [-0.39, 0.29) is 5.82 Å². The number of rotatable bonds is 5. The van der Waals surface area contributed by atoms with E-state index in [0.29, 0.717) is 12.1 Å². The van der Waals surface area contributed by atoms with Crippen LogP contribution >= 0.6 is 0 Å². The predicted octanol–water partition coefficient (Wildman–Crippen LogP) is 4.70. The largest absolute Gasteiger partial charge is 0.381 e. The van der Waals surface area contributed by atoms with Gasteiger partial charge >= 0.3 is 0 Å². The molecular formula is C22H27FN4. The maximum absolute atomic E-state index is 13.4. The molecule has 1 fully saturated rings. The van der Waals surface area contributed by atoms with Gasteiger partial charge in [0.05, 0.1) is 23.3 Å². The lowest BCUT2D eigenvalue weighted by molar-refractivity contribution is 0.411. The third-order valence-electron chi connectivity index (χ3n) is 5.64. The van der Waals surface area contributed by atoms with Crippen molar-refractivity contribution in [2.75, 3.05) is 5.32 Å². The van der Waals surface area contributed by atoms with Crippen LogP contribution in [-0.2, 0) is 6.42 Å². The summed E-state index contributed by atoms with van der Waals surface area (Å²) < 4.78 is 13.4. The third-order valence-corrected chi connectivity index (χ3v) is 5.64. The molecule has 142 valence electrons. The van der Waals surface area contributed by atoms with Crippen molar-refractivity contribution in [1.29, 1.82) is 0 Å². The van der Waals surface area contributed by atoms with Gasteiger partial charge in [-0.2, -0.15) is 0 Å². The zero-order chi connectivity index (χ0) is 18.8. The lowest BCUT2D eigenvalue weighted by Gasteiger charge is -2.29. The Balaban J connectivity index is 1.73. The molecule has 27 heavy (non-hydrogen) atoms. The number of fused-ring (bicyclic) bond motifs is 1. The maximum atomic E-state index is 13.4. The van der Waals surface area contributed by atoms with Gasteiger partial charge in [0, 0.05) is 35.8 Å². The van der Waals surface area contributed by atoms with E-state index in [1.165, 1.54) is 23.4 Å². The van der Waals surface area contributed by atoms with Crippen LogP contribution in [0.25, 0.3) is 17.3 Å². The summed E-state index contributed by atoms with van der Waals surface area (Å²) in [6.45, 7) is 2.20. The minimum atomic E-state index is -0.325. The molecular weight excluding hydrogens is 339 g/mol. The van der Waals surface area contributed by atoms with E-state index in [0.717, 1.165) is 67.6 Å². The number of halogens is 1. The van der Waals surface area contributed by atoms with E-state index < -0.39 is 0 Å². The van der Waals surface area contributed by atoms with Gasteiger partial charge < -0.3 is 11.1 Å². The van der Waals surface area contributed by atoms with Gasteiger partial charge in [-0.05, 0) is 44.2 Å². The maximum Gasteiger partial charge on any atom is 0.141 e. The molecule has 4 rings (SSSR count). The molecule has 0 amide bonds. The quantitative estimate of drug-likeness (QED) is 0.805. The van der Waals surface area contributed by atoms with E-state index in [9.17, 15) is 4.39 Å². The molecule has 0 saturated heterocycles. The SMILES string of the molecule is CCCC1=Cc2c(ncc(-c3ccc(F)cn3)c2NC2CCC(N)CC2)C1. The number of pyridine rings is 2. The Kier molecular flexibility index (Phi) is 5.21. The highest BCUT2D eigenvalue weighted by Gasteiger charge is 2.25. The predicted molar refractivity (Wildman–Crippen MR) is 108 cm³/mol. The minimum Gasteiger partial charge on any atom is -0.381 e. The minimum absolute atomic E-state index is 0.320. The fourth-order valence-corrected chi connectivity index (χ4v) is 4.17. The molecule has 2 heterocycles. The lowest BCUT2D eigenvalue weighted by Crippen LogP contribution is -2.33. The van der Waals surface area contributed by atoms with Gasteiger partial charge in [-0.3, -0.25) is 9.97 Å². The first-order chi connectivity index (χ1) is 13.1. The number of anilines is 1. The van der Waals surface area contributed by atoms with Crippen molar-refractivity contribution in [3.63, 3.8) is 0 Å². The number of allylic oxidation sites excluding steroid dienone is 1. The summed E-state index contributed by atoms with van der Waals surface area (Å²) in [5.74, 6) is -0.325. The number of hydrogen-bond acceptors (Lipinski definition) is 4. The third kappa shape index (κ3) is 3.88. The average Bonchev–Trinajstić information content (AvgIpc) is 3.08. The zero-order valence-corrected chi connectivity index (χ0v) is 15.8. The van der Waals surface area contributed by atoms with Crippen LogP contribution in [0.4, 0.5) is 10.1 Å². The Bertz CT molecular complexity index is 836. The summed E-state index contributed by atoms with van der Waals surface area (Å²) in [6, 6.07) is 3.91. The summed E-state index contributed by atoms with van der Waals surface area (Å²) in [5, 5.41) is 3.77. The first kappa shape index (κ1) is 18.1.